The number of likely N-dealkylation sites (tertiary alicyclic amines) is 1. The Hall–Kier alpha value is -2.18. The number of piperidine rings is 1. The molecule has 0 unspecified atom stereocenters. The Morgan fingerprint density at radius 2 is 1.55 bits per heavy atom. The Balaban J connectivity index is 1.30. The van der Waals surface area contributed by atoms with Crippen molar-refractivity contribution >= 4 is 17.7 Å². The molecular weight excluding hydrogens is 416 g/mol. The summed E-state index contributed by atoms with van der Waals surface area (Å²) in [4.78, 5) is 39.3. The lowest BCUT2D eigenvalue weighted by Gasteiger charge is -2.41. The molecule has 1 aromatic heterocycles. The number of rotatable bonds is 3. The van der Waals surface area contributed by atoms with Crippen LogP contribution in [0.15, 0.2) is 0 Å². The molecule has 2 saturated heterocycles. The normalized spacial score (nSPS) is 25.8. The maximum Gasteiger partial charge on any atom is 0.376 e. The highest BCUT2D eigenvalue weighted by molar-refractivity contribution is 5.88. The number of ether oxygens (including phenoxy) is 1. The van der Waals surface area contributed by atoms with Crippen LogP contribution in [-0.4, -0.2) is 60.0 Å². The minimum absolute atomic E-state index is 0.0289. The Morgan fingerprint density at radius 1 is 0.909 bits per heavy atom. The molecule has 0 aromatic carbocycles. The highest BCUT2D eigenvalue weighted by atomic mass is 16.5. The van der Waals surface area contributed by atoms with E-state index in [1.165, 1.54) is 12.7 Å². The Labute approximate surface area is 197 Å². The van der Waals surface area contributed by atoms with Crippen molar-refractivity contribution in [2.75, 3.05) is 38.2 Å². The van der Waals surface area contributed by atoms with E-state index >= 15 is 0 Å². The third-order valence-corrected chi connectivity index (χ3v) is 10.6. The third kappa shape index (κ3) is 2.99. The van der Waals surface area contributed by atoms with Gasteiger partial charge in [0.25, 0.3) is 0 Å². The molecule has 7 heteroatoms. The van der Waals surface area contributed by atoms with Crippen molar-refractivity contribution < 1.29 is 14.3 Å². The lowest BCUT2D eigenvalue weighted by molar-refractivity contribution is -0.140. The molecule has 3 heterocycles. The molecule has 0 bridgehead atoms. The number of fused-ring (bicyclic) bond motifs is 1. The molecule has 4 aliphatic rings. The van der Waals surface area contributed by atoms with Gasteiger partial charge in [0, 0.05) is 31.7 Å². The number of carbonyl (C=O) groups excluding carboxylic acids is 2. The fraction of sp³-hybridized carbons (Fsp3) is 0.769. The fourth-order valence-corrected chi connectivity index (χ4v) is 7.01. The largest absolute Gasteiger partial charge is 0.463 e. The predicted octanol–water partition coefficient (Wildman–Crippen LogP) is 3.64. The first-order valence-corrected chi connectivity index (χ1v) is 12.5. The summed E-state index contributed by atoms with van der Waals surface area (Å²) in [5, 5.41) is 0. The van der Waals surface area contributed by atoms with E-state index in [0.29, 0.717) is 5.91 Å². The minimum Gasteiger partial charge on any atom is -0.463 e. The number of carbonyl (C=O) groups is 2. The van der Waals surface area contributed by atoms with E-state index in [0.717, 1.165) is 76.2 Å². The van der Waals surface area contributed by atoms with Crippen LogP contribution in [0.5, 0.6) is 0 Å². The second kappa shape index (κ2) is 7.16. The number of aromatic nitrogens is 2. The zero-order valence-electron chi connectivity index (χ0n) is 21.1. The Bertz CT molecular complexity index is 993. The van der Waals surface area contributed by atoms with Crippen molar-refractivity contribution in [2.24, 2.45) is 21.7 Å². The molecule has 1 saturated carbocycles. The molecule has 1 spiro atoms. The number of nitrogens with zero attached hydrogens (tertiary/aromatic N) is 4. The van der Waals surface area contributed by atoms with Crippen molar-refractivity contribution in [1.82, 2.24) is 14.9 Å². The lowest BCUT2D eigenvalue weighted by Crippen LogP contribution is -2.47. The van der Waals surface area contributed by atoms with Crippen LogP contribution in [0.25, 0.3) is 0 Å². The summed E-state index contributed by atoms with van der Waals surface area (Å²) in [7, 11) is 1.38. The molecule has 0 N–H and O–H groups in total. The first-order chi connectivity index (χ1) is 15.5. The molecule has 0 radical (unpaired) electrons. The van der Waals surface area contributed by atoms with Gasteiger partial charge in [0.1, 0.15) is 5.82 Å². The van der Waals surface area contributed by atoms with Gasteiger partial charge in [-0.25, -0.2) is 14.8 Å². The zero-order chi connectivity index (χ0) is 23.8. The molecular formula is C26H38N4O3. The van der Waals surface area contributed by atoms with Gasteiger partial charge in [-0.3, -0.25) is 4.79 Å². The first kappa shape index (κ1) is 22.6. The summed E-state index contributed by atoms with van der Waals surface area (Å²) in [6.07, 6.45) is 6.10. The van der Waals surface area contributed by atoms with Gasteiger partial charge in [-0.05, 0) is 61.7 Å². The molecule has 2 aliphatic heterocycles. The van der Waals surface area contributed by atoms with Gasteiger partial charge in [-0.1, -0.05) is 27.7 Å². The van der Waals surface area contributed by atoms with Gasteiger partial charge in [-0.2, -0.15) is 0 Å². The maximum atomic E-state index is 13.5. The summed E-state index contributed by atoms with van der Waals surface area (Å²) < 4.78 is 4.90. The van der Waals surface area contributed by atoms with Crippen LogP contribution in [0.4, 0.5) is 5.82 Å². The summed E-state index contributed by atoms with van der Waals surface area (Å²) in [6, 6.07) is 0. The van der Waals surface area contributed by atoms with Crippen LogP contribution < -0.4 is 4.90 Å². The van der Waals surface area contributed by atoms with E-state index in [-0.39, 0.29) is 27.5 Å². The van der Waals surface area contributed by atoms with Crippen molar-refractivity contribution in [3.05, 3.63) is 17.1 Å². The molecule has 2 aliphatic carbocycles. The molecule has 33 heavy (non-hydrogen) atoms. The Kier molecular flexibility index (Phi) is 4.90. The molecule has 0 atom stereocenters. The average Bonchev–Trinajstić information content (AvgIpc) is 3.31. The SMILES string of the molecule is COC(=O)c1nc2c(c(N3CCC4(CCN(C(=O)C5(C)C(C)(C)C5(C)C)CC4)C3)n1)CCC2. The van der Waals surface area contributed by atoms with Gasteiger partial charge in [-0.15, -0.1) is 0 Å². The van der Waals surface area contributed by atoms with E-state index in [9.17, 15) is 9.59 Å². The Morgan fingerprint density at radius 3 is 2.15 bits per heavy atom. The van der Waals surface area contributed by atoms with Gasteiger partial charge < -0.3 is 14.5 Å². The lowest BCUT2D eigenvalue weighted by atomic mass is 9.77. The predicted molar refractivity (Wildman–Crippen MR) is 126 cm³/mol. The highest BCUT2D eigenvalue weighted by Crippen LogP contribution is 2.78. The highest BCUT2D eigenvalue weighted by Gasteiger charge is 2.78. The number of anilines is 1. The van der Waals surface area contributed by atoms with E-state index < -0.39 is 5.97 Å². The molecule has 1 aromatic rings. The molecule has 180 valence electrons. The molecule has 1 amide bonds. The van der Waals surface area contributed by atoms with Crippen LogP contribution >= 0.6 is 0 Å². The summed E-state index contributed by atoms with van der Waals surface area (Å²) in [5.41, 5.74) is 2.21. The summed E-state index contributed by atoms with van der Waals surface area (Å²) in [6.45, 7) is 14.6. The van der Waals surface area contributed by atoms with Gasteiger partial charge in [0.15, 0.2) is 0 Å². The topological polar surface area (TPSA) is 75.6 Å². The van der Waals surface area contributed by atoms with Crippen LogP contribution in [0, 0.1) is 21.7 Å². The molecule has 7 nitrogen and oxygen atoms in total. The van der Waals surface area contributed by atoms with Gasteiger partial charge >= 0.3 is 5.97 Å². The van der Waals surface area contributed by atoms with Crippen LogP contribution in [0.3, 0.4) is 0 Å². The van der Waals surface area contributed by atoms with Crippen molar-refractivity contribution in [1.29, 1.82) is 0 Å². The van der Waals surface area contributed by atoms with Crippen molar-refractivity contribution in [2.45, 2.75) is 73.1 Å². The fourth-order valence-electron chi connectivity index (χ4n) is 7.01. The van der Waals surface area contributed by atoms with E-state index in [4.69, 9.17) is 4.74 Å². The van der Waals surface area contributed by atoms with E-state index in [1.807, 2.05) is 0 Å². The molecule has 3 fully saturated rings. The van der Waals surface area contributed by atoms with Gasteiger partial charge in [0.05, 0.1) is 18.2 Å². The number of methoxy groups -OCH3 is 1. The monoisotopic (exact) mass is 454 g/mol. The van der Waals surface area contributed by atoms with Crippen LogP contribution in [0.1, 0.15) is 82.2 Å². The van der Waals surface area contributed by atoms with Crippen LogP contribution in [0.2, 0.25) is 0 Å². The number of aryl methyl sites for hydroxylation is 1. The number of hydrogen-bond acceptors (Lipinski definition) is 6. The second-order valence-corrected chi connectivity index (χ2v) is 12.0. The smallest absolute Gasteiger partial charge is 0.376 e. The van der Waals surface area contributed by atoms with Crippen molar-refractivity contribution in [3.8, 4) is 0 Å². The number of hydrogen-bond donors (Lipinski definition) is 0. The first-order valence-electron chi connectivity index (χ1n) is 12.5. The van der Waals surface area contributed by atoms with E-state index in [1.54, 1.807) is 0 Å². The number of amides is 1. The minimum atomic E-state index is -0.467. The molecule has 5 rings (SSSR count). The zero-order valence-corrected chi connectivity index (χ0v) is 21.1. The third-order valence-electron chi connectivity index (χ3n) is 10.6. The maximum absolute atomic E-state index is 13.5. The van der Waals surface area contributed by atoms with Gasteiger partial charge in [0.2, 0.25) is 11.7 Å². The van der Waals surface area contributed by atoms with Crippen molar-refractivity contribution in [3.63, 3.8) is 0 Å². The second-order valence-electron chi connectivity index (χ2n) is 12.0. The van der Waals surface area contributed by atoms with Crippen LogP contribution in [-0.2, 0) is 22.4 Å². The standard InChI is InChI=1S/C26H38N4O3/c1-23(2)24(3,4)25(23,5)22(32)29-13-10-26(11-14-29)12-15-30(16-26)20-17-8-7-9-18(17)27-19(28-20)21(31)33-6/h7-16H2,1-6H3. The summed E-state index contributed by atoms with van der Waals surface area (Å²) >= 11 is 0. The van der Waals surface area contributed by atoms with E-state index in [2.05, 4.69) is 54.4 Å². The quantitative estimate of drug-likeness (QED) is 0.649. The summed E-state index contributed by atoms with van der Waals surface area (Å²) in [5.74, 6) is 0.976. The number of esters is 1. The average molecular weight is 455 g/mol.